The maximum Gasteiger partial charge on any atom is 0.406 e. The van der Waals surface area contributed by atoms with Gasteiger partial charge in [-0.1, -0.05) is 18.2 Å². The summed E-state index contributed by atoms with van der Waals surface area (Å²) in [6.07, 6.45) is -3.92. The fourth-order valence-corrected chi connectivity index (χ4v) is 3.05. The predicted molar refractivity (Wildman–Crippen MR) is 73.4 cm³/mol. The Hall–Kier alpha value is -1.76. The van der Waals surface area contributed by atoms with Crippen LogP contribution in [0.5, 0.6) is 5.75 Å². The Kier molecular flexibility index (Phi) is 3.99. The molecular formula is C15H17F3N2O2. The summed E-state index contributed by atoms with van der Waals surface area (Å²) in [5.41, 5.74) is 0.960. The minimum atomic E-state index is -4.35. The topological polar surface area (TPSA) is 32.8 Å². The Labute approximate surface area is 126 Å². The van der Waals surface area contributed by atoms with Crippen LogP contribution in [0.25, 0.3) is 0 Å². The Bertz CT molecular complexity index is 562. The number of nitrogens with zero attached hydrogens (tertiary/aromatic N) is 2. The maximum absolute atomic E-state index is 12.5. The van der Waals surface area contributed by atoms with E-state index < -0.39 is 24.7 Å². The molecule has 2 aliphatic rings. The van der Waals surface area contributed by atoms with Gasteiger partial charge in [0.05, 0.1) is 6.04 Å². The third kappa shape index (κ3) is 3.19. The van der Waals surface area contributed by atoms with E-state index in [1.807, 2.05) is 29.2 Å². The summed E-state index contributed by atoms with van der Waals surface area (Å²) in [6.45, 7) is 0.475. The number of likely N-dealkylation sites (tertiary alicyclic amines) is 1. The van der Waals surface area contributed by atoms with E-state index in [-0.39, 0.29) is 6.54 Å². The second-order valence-electron chi connectivity index (χ2n) is 5.61. The van der Waals surface area contributed by atoms with E-state index in [0.717, 1.165) is 16.2 Å². The summed E-state index contributed by atoms with van der Waals surface area (Å²) in [5, 5.41) is 0. The summed E-state index contributed by atoms with van der Waals surface area (Å²) >= 11 is 0. The van der Waals surface area contributed by atoms with Crippen LogP contribution in [-0.4, -0.2) is 54.2 Å². The molecule has 0 spiro atoms. The van der Waals surface area contributed by atoms with E-state index in [9.17, 15) is 18.0 Å². The SMILES string of the molecule is O=C1[C@H](N2CCOc3ccccc3C2)CCN1CC(F)(F)F. The summed E-state index contributed by atoms with van der Waals surface area (Å²) < 4.78 is 43.1. The van der Waals surface area contributed by atoms with E-state index in [1.54, 1.807) is 0 Å². The summed E-state index contributed by atoms with van der Waals surface area (Å²) in [4.78, 5) is 15.1. The van der Waals surface area contributed by atoms with Gasteiger partial charge in [0.25, 0.3) is 0 Å². The number of hydrogen-bond acceptors (Lipinski definition) is 3. The van der Waals surface area contributed by atoms with Gasteiger partial charge < -0.3 is 9.64 Å². The van der Waals surface area contributed by atoms with Gasteiger partial charge in [-0.05, 0) is 12.5 Å². The number of carbonyl (C=O) groups excluding carboxylic acids is 1. The van der Waals surface area contributed by atoms with Crippen LogP contribution in [0.1, 0.15) is 12.0 Å². The fourth-order valence-electron chi connectivity index (χ4n) is 3.05. The first-order valence-corrected chi connectivity index (χ1v) is 7.24. The van der Waals surface area contributed by atoms with Crippen molar-refractivity contribution in [3.05, 3.63) is 29.8 Å². The molecule has 1 amide bonds. The average Bonchev–Trinajstić information content (AvgIpc) is 2.69. The van der Waals surface area contributed by atoms with Gasteiger partial charge in [0.2, 0.25) is 5.91 Å². The van der Waals surface area contributed by atoms with Gasteiger partial charge in [-0.25, -0.2) is 0 Å². The second kappa shape index (κ2) is 5.79. The van der Waals surface area contributed by atoms with Crippen molar-refractivity contribution in [3.63, 3.8) is 0 Å². The molecule has 0 unspecified atom stereocenters. The van der Waals surface area contributed by atoms with Gasteiger partial charge in [0.1, 0.15) is 18.9 Å². The molecule has 7 heteroatoms. The average molecular weight is 314 g/mol. The molecule has 1 aromatic rings. The zero-order valence-electron chi connectivity index (χ0n) is 12.0. The maximum atomic E-state index is 12.5. The van der Waals surface area contributed by atoms with Gasteiger partial charge in [-0.15, -0.1) is 0 Å². The predicted octanol–water partition coefficient (Wildman–Crippen LogP) is 2.04. The van der Waals surface area contributed by atoms with Crippen molar-refractivity contribution < 1.29 is 22.7 Å². The van der Waals surface area contributed by atoms with Gasteiger partial charge in [-0.3, -0.25) is 9.69 Å². The number of amides is 1. The normalized spacial score (nSPS) is 23.1. The van der Waals surface area contributed by atoms with Crippen LogP contribution in [0.4, 0.5) is 13.2 Å². The quantitative estimate of drug-likeness (QED) is 0.837. The Morgan fingerprint density at radius 3 is 2.77 bits per heavy atom. The highest BCUT2D eigenvalue weighted by Gasteiger charge is 2.41. The molecule has 2 heterocycles. The first-order chi connectivity index (χ1) is 10.4. The molecule has 1 fully saturated rings. The lowest BCUT2D eigenvalue weighted by Gasteiger charge is -2.26. The minimum Gasteiger partial charge on any atom is -0.492 e. The van der Waals surface area contributed by atoms with Crippen molar-refractivity contribution in [1.82, 2.24) is 9.80 Å². The number of fused-ring (bicyclic) bond motifs is 1. The Morgan fingerprint density at radius 2 is 2.00 bits per heavy atom. The Balaban J connectivity index is 1.71. The van der Waals surface area contributed by atoms with Crippen LogP contribution in [0.3, 0.4) is 0 Å². The van der Waals surface area contributed by atoms with Crippen molar-refractivity contribution in [2.75, 3.05) is 26.2 Å². The first-order valence-electron chi connectivity index (χ1n) is 7.24. The molecule has 1 saturated heterocycles. The highest BCUT2D eigenvalue weighted by Crippen LogP contribution is 2.28. The van der Waals surface area contributed by atoms with E-state index in [4.69, 9.17) is 4.74 Å². The molecule has 120 valence electrons. The largest absolute Gasteiger partial charge is 0.492 e. The molecule has 22 heavy (non-hydrogen) atoms. The molecule has 2 aliphatic heterocycles. The van der Waals surface area contributed by atoms with Crippen LogP contribution in [-0.2, 0) is 11.3 Å². The minimum absolute atomic E-state index is 0.155. The molecule has 4 nitrogen and oxygen atoms in total. The van der Waals surface area contributed by atoms with Crippen molar-refractivity contribution in [2.45, 2.75) is 25.2 Å². The fraction of sp³-hybridized carbons (Fsp3) is 0.533. The summed E-state index contributed by atoms with van der Waals surface area (Å²) in [6, 6.07) is 7.06. The number of para-hydroxylation sites is 1. The van der Waals surface area contributed by atoms with Crippen molar-refractivity contribution in [2.24, 2.45) is 0 Å². The van der Waals surface area contributed by atoms with E-state index >= 15 is 0 Å². The van der Waals surface area contributed by atoms with Crippen LogP contribution in [0, 0.1) is 0 Å². The molecule has 0 bridgehead atoms. The molecule has 1 aromatic carbocycles. The summed E-state index contributed by atoms with van der Waals surface area (Å²) in [7, 11) is 0. The van der Waals surface area contributed by atoms with Crippen LogP contribution in [0.15, 0.2) is 24.3 Å². The number of benzene rings is 1. The van der Waals surface area contributed by atoms with Crippen LogP contribution < -0.4 is 4.74 Å². The zero-order chi connectivity index (χ0) is 15.7. The highest BCUT2D eigenvalue weighted by atomic mass is 19.4. The van der Waals surface area contributed by atoms with Gasteiger partial charge >= 0.3 is 6.18 Å². The van der Waals surface area contributed by atoms with Gasteiger partial charge in [0.15, 0.2) is 0 Å². The number of carbonyl (C=O) groups is 1. The third-order valence-electron chi connectivity index (χ3n) is 4.06. The number of rotatable bonds is 2. The lowest BCUT2D eigenvalue weighted by atomic mass is 10.1. The first kappa shape index (κ1) is 15.1. The molecule has 0 aliphatic carbocycles. The van der Waals surface area contributed by atoms with Gasteiger partial charge in [0, 0.05) is 25.2 Å². The van der Waals surface area contributed by atoms with Crippen LogP contribution in [0.2, 0.25) is 0 Å². The Morgan fingerprint density at radius 1 is 1.23 bits per heavy atom. The lowest BCUT2D eigenvalue weighted by Crippen LogP contribution is -2.44. The zero-order valence-corrected chi connectivity index (χ0v) is 12.0. The summed E-state index contributed by atoms with van der Waals surface area (Å²) in [5.74, 6) is 0.347. The lowest BCUT2D eigenvalue weighted by molar-refractivity contribution is -0.159. The molecule has 0 radical (unpaired) electrons. The number of halogens is 3. The highest BCUT2D eigenvalue weighted by molar-refractivity contribution is 5.84. The molecule has 1 atom stereocenters. The van der Waals surface area contributed by atoms with Crippen molar-refractivity contribution in [3.8, 4) is 5.75 Å². The number of hydrogen-bond donors (Lipinski definition) is 0. The van der Waals surface area contributed by atoms with E-state index in [0.29, 0.717) is 26.1 Å². The van der Waals surface area contributed by atoms with E-state index in [2.05, 4.69) is 0 Å². The second-order valence-corrected chi connectivity index (χ2v) is 5.61. The number of alkyl halides is 3. The van der Waals surface area contributed by atoms with E-state index in [1.165, 1.54) is 0 Å². The standard InChI is InChI=1S/C15H17F3N2O2/c16-15(17,18)10-20-6-5-12(14(20)21)19-7-8-22-13-4-2-1-3-11(13)9-19/h1-4,12H,5-10H2/t12-/m1/s1. The van der Waals surface area contributed by atoms with Crippen molar-refractivity contribution in [1.29, 1.82) is 0 Å². The molecule has 3 rings (SSSR count). The molecule has 0 saturated carbocycles. The van der Waals surface area contributed by atoms with Crippen molar-refractivity contribution >= 4 is 5.91 Å². The van der Waals surface area contributed by atoms with Crippen LogP contribution >= 0.6 is 0 Å². The molecule has 0 N–H and O–H groups in total. The molecular weight excluding hydrogens is 297 g/mol. The third-order valence-corrected chi connectivity index (χ3v) is 4.06. The number of ether oxygens (including phenoxy) is 1. The monoisotopic (exact) mass is 314 g/mol. The molecule has 0 aromatic heterocycles. The van der Waals surface area contributed by atoms with Gasteiger partial charge in [-0.2, -0.15) is 13.2 Å². The smallest absolute Gasteiger partial charge is 0.406 e.